The molecule has 0 aliphatic heterocycles. The van der Waals surface area contributed by atoms with Crippen LogP contribution in [0.2, 0.25) is 0 Å². The number of hydrogen-bond acceptors (Lipinski definition) is 3. The Labute approximate surface area is 121 Å². The van der Waals surface area contributed by atoms with Gasteiger partial charge in [0.25, 0.3) is 0 Å². The number of benzene rings is 1. The van der Waals surface area contributed by atoms with Gasteiger partial charge in [-0.25, -0.2) is 4.79 Å². The van der Waals surface area contributed by atoms with E-state index in [1.54, 1.807) is 12.1 Å². The Morgan fingerprint density at radius 1 is 1.10 bits per heavy atom. The van der Waals surface area contributed by atoms with E-state index in [4.69, 9.17) is 15.3 Å². The summed E-state index contributed by atoms with van der Waals surface area (Å²) in [5.41, 5.74) is 0.955. The van der Waals surface area contributed by atoms with Crippen LogP contribution in [0, 0.1) is 11.8 Å². The van der Waals surface area contributed by atoms with E-state index in [0.717, 1.165) is 5.56 Å². The Balaban J connectivity index is 2.16. The summed E-state index contributed by atoms with van der Waals surface area (Å²) in [6.07, 6.45) is 0.866. The summed E-state index contributed by atoms with van der Waals surface area (Å²) in [5.74, 6) is -3.47. The lowest BCUT2D eigenvalue weighted by Gasteiger charge is -2.16. The fourth-order valence-electron chi connectivity index (χ4n) is 2.72. The Morgan fingerprint density at radius 2 is 1.71 bits per heavy atom. The van der Waals surface area contributed by atoms with Crippen LogP contribution in [0.15, 0.2) is 24.3 Å². The van der Waals surface area contributed by atoms with Gasteiger partial charge in [0.15, 0.2) is 0 Å². The second-order valence-electron chi connectivity index (χ2n) is 5.31. The summed E-state index contributed by atoms with van der Waals surface area (Å²) in [6.45, 7) is 0. The molecule has 0 bridgehead atoms. The molecular weight excluding hydrogens is 276 g/mol. The van der Waals surface area contributed by atoms with Crippen LogP contribution in [-0.2, 0) is 9.59 Å². The molecule has 1 aliphatic carbocycles. The van der Waals surface area contributed by atoms with Crippen LogP contribution in [0.4, 0.5) is 0 Å². The number of hydrogen-bond donors (Lipinski definition) is 3. The molecule has 21 heavy (non-hydrogen) atoms. The first-order chi connectivity index (χ1) is 9.90. The molecule has 1 fully saturated rings. The summed E-state index contributed by atoms with van der Waals surface area (Å²) in [6, 6.07) is 6.22. The molecule has 6 heteroatoms. The zero-order valence-corrected chi connectivity index (χ0v) is 11.2. The third kappa shape index (κ3) is 3.59. The van der Waals surface area contributed by atoms with Crippen molar-refractivity contribution in [3.63, 3.8) is 0 Å². The van der Waals surface area contributed by atoms with E-state index in [1.165, 1.54) is 12.1 Å². The van der Waals surface area contributed by atoms with E-state index in [1.807, 2.05) is 0 Å². The predicted molar refractivity (Wildman–Crippen MR) is 72.2 cm³/mol. The van der Waals surface area contributed by atoms with Gasteiger partial charge in [0.2, 0.25) is 0 Å². The molecule has 6 nitrogen and oxygen atoms in total. The molecule has 3 N–H and O–H groups in total. The number of aliphatic carboxylic acids is 2. The second-order valence-corrected chi connectivity index (χ2v) is 5.31. The van der Waals surface area contributed by atoms with Gasteiger partial charge in [0, 0.05) is 6.42 Å². The standard InChI is InChI=1S/C15H16O6/c16-13(17)6-5-10(11-7-12(11)15(20)21)8-1-3-9(4-2-8)14(18)19/h1-4,10-12H,5-7H2,(H,16,17)(H,18,19)(H,20,21). The molecule has 0 spiro atoms. The minimum absolute atomic E-state index is 0.0335. The summed E-state index contributed by atoms with van der Waals surface area (Å²) in [7, 11) is 0. The van der Waals surface area contributed by atoms with Crippen molar-refractivity contribution in [2.75, 3.05) is 0 Å². The zero-order valence-electron chi connectivity index (χ0n) is 11.2. The summed E-state index contributed by atoms with van der Waals surface area (Å²) in [5, 5.41) is 26.7. The molecule has 0 aromatic heterocycles. The van der Waals surface area contributed by atoms with Crippen molar-refractivity contribution in [2.45, 2.75) is 25.2 Å². The molecule has 0 saturated heterocycles. The van der Waals surface area contributed by atoms with Crippen molar-refractivity contribution in [2.24, 2.45) is 11.8 Å². The molecule has 3 unspecified atom stereocenters. The van der Waals surface area contributed by atoms with Crippen LogP contribution >= 0.6 is 0 Å². The first kappa shape index (κ1) is 15.0. The first-order valence-electron chi connectivity index (χ1n) is 6.68. The van der Waals surface area contributed by atoms with Crippen LogP contribution in [0.5, 0.6) is 0 Å². The van der Waals surface area contributed by atoms with Crippen LogP contribution in [-0.4, -0.2) is 33.2 Å². The maximum atomic E-state index is 11.0. The van der Waals surface area contributed by atoms with Crippen LogP contribution in [0.25, 0.3) is 0 Å². The zero-order chi connectivity index (χ0) is 15.6. The quantitative estimate of drug-likeness (QED) is 0.709. The smallest absolute Gasteiger partial charge is 0.335 e. The number of carbonyl (C=O) groups is 3. The molecular formula is C15H16O6. The lowest BCUT2D eigenvalue weighted by atomic mass is 9.88. The van der Waals surface area contributed by atoms with Crippen molar-refractivity contribution in [1.29, 1.82) is 0 Å². The Bertz CT molecular complexity index is 562. The van der Waals surface area contributed by atoms with Gasteiger partial charge >= 0.3 is 17.9 Å². The van der Waals surface area contributed by atoms with Gasteiger partial charge < -0.3 is 15.3 Å². The SMILES string of the molecule is O=C(O)CCC(c1ccc(C(=O)O)cc1)C1CC1C(=O)O. The average molecular weight is 292 g/mol. The van der Waals surface area contributed by atoms with Gasteiger partial charge in [-0.1, -0.05) is 12.1 Å². The van der Waals surface area contributed by atoms with Gasteiger partial charge in [-0.15, -0.1) is 0 Å². The third-order valence-electron chi connectivity index (χ3n) is 3.93. The molecule has 0 amide bonds. The van der Waals surface area contributed by atoms with Gasteiger partial charge in [-0.3, -0.25) is 9.59 Å². The fraction of sp³-hybridized carbons (Fsp3) is 0.400. The first-order valence-corrected chi connectivity index (χ1v) is 6.68. The van der Waals surface area contributed by atoms with Crippen molar-refractivity contribution < 1.29 is 29.7 Å². The molecule has 1 saturated carbocycles. The molecule has 1 aromatic carbocycles. The normalized spacial score (nSPS) is 21.5. The molecule has 0 radical (unpaired) electrons. The fourth-order valence-corrected chi connectivity index (χ4v) is 2.72. The Morgan fingerprint density at radius 3 is 2.14 bits per heavy atom. The maximum absolute atomic E-state index is 11.0. The van der Waals surface area contributed by atoms with Crippen molar-refractivity contribution in [3.05, 3.63) is 35.4 Å². The topological polar surface area (TPSA) is 112 Å². The number of carboxylic acids is 3. The van der Waals surface area contributed by atoms with E-state index < -0.39 is 23.8 Å². The van der Waals surface area contributed by atoms with Gasteiger partial charge in [0.1, 0.15) is 0 Å². The Hall–Kier alpha value is -2.37. The van der Waals surface area contributed by atoms with Gasteiger partial charge in [-0.2, -0.15) is 0 Å². The summed E-state index contributed by atoms with van der Waals surface area (Å²) < 4.78 is 0. The number of rotatable bonds is 7. The molecule has 1 aromatic rings. The molecule has 112 valence electrons. The highest BCUT2D eigenvalue weighted by Crippen LogP contribution is 2.50. The predicted octanol–water partition coefficient (Wildman–Crippen LogP) is 2.05. The lowest BCUT2D eigenvalue weighted by molar-refractivity contribution is -0.139. The van der Waals surface area contributed by atoms with E-state index >= 15 is 0 Å². The summed E-state index contributed by atoms with van der Waals surface area (Å²) >= 11 is 0. The van der Waals surface area contributed by atoms with Crippen LogP contribution < -0.4 is 0 Å². The highest BCUT2D eigenvalue weighted by atomic mass is 16.4. The van der Waals surface area contributed by atoms with Crippen molar-refractivity contribution in [3.8, 4) is 0 Å². The minimum atomic E-state index is -1.03. The second kappa shape index (κ2) is 5.95. The number of aromatic carboxylic acids is 1. The van der Waals surface area contributed by atoms with E-state index in [0.29, 0.717) is 12.8 Å². The number of carboxylic acid groups (broad SMARTS) is 3. The average Bonchev–Trinajstić information content (AvgIpc) is 3.19. The maximum Gasteiger partial charge on any atom is 0.335 e. The lowest BCUT2D eigenvalue weighted by Crippen LogP contribution is -2.10. The van der Waals surface area contributed by atoms with E-state index in [-0.39, 0.29) is 23.8 Å². The highest BCUT2D eigenvalue weighted by Gasteiger charge is 2.48. The molecule has 0 heterocycles. The molecule has 2 rings (SSSR count). The van der Waals surface area contributed by atoms with Crippen molar-refractivity contribution in [1.82, 2.24) is 0 Å². The minimum Gasteiger partial charge on any atom is -0.481 e. The van der Waals surface area contributed by atoms with E-state index in [9.17, 15) is 14.4 Å². The third-order valence-corrected chi connectivity index (χ3v) is 3.93. The van der Waals surface area contributed by atoms with Crippen LogP contribution in [0.3, 0.4) is 0 Å². The molecule has 3 atom stereocenters. The van der Waals surface area contributed by atoms with E-state index in [2.05, 4.69) is 0 Å². The Kier molecular flexibility index (Phi) is 4.26. The van der Waals surface area contributed by atoms with Crippen molar-refractivity contribution >= 4 is 17.9 Å². The van der Waals surface area contributed by atoms with Gasteiger partial charge in [-0.05, 0) is 42.4 Å². The summed E-state index contributed by atoms with van der Waals surface area (Å²) in [4.78, 5) is 32.6. The largest absolute Gasteiger partial charge is 0.481 e. The van der Waals surface area contributed by atoms with Gasteiger partial charge in [0.05, 0.1) is 11.5 Å². The van der Waals surface area contributed by atoms with Crippen LogP contribution in [0.1, 0.15) is 41.1 Å². The highest BCUT2D eigenvalue weighted by molar-refractivity contribution is 5.87. The molecule has 1 aliphatic rings. The monoisotopic (exact) mass is 292 g/mol.